The van der Waals surface area contributed by atoms with Gasteiger partial charge in [-0.05, 0) is 51.7 Å². The van der Waals surface area contributed by atoms with E-state index in [0.29, 0.717) is 12.5 Å². The van der Waals surface area contributed by atoms with Crippen molar-refractivity contribution >= 4 is 5.97 Å². The van der Waals surface area contributed by atoms with Crippen molar-refractivity contribution in [2.75, 3.05) is 46.5 Å². The van der Waals surface area contributed by atoms with Crippen LogP contribution in [0.2, 0.25) is 0 Å². The van der Waals surface area contributed by atoms with Crippen molar-refractivity contribution in [3.05, 3.63) is 0 Å². The molecule has 1 atom stereocenters. The highest BCUT2D eigenvalue weighted by molar-refractivity contribution is 5.75. The Labute approximate surface area is 123 Å². The highest BCUT2D eigenvalue weighted by Gasteiger charge is 2.29. The molecule has 0 saturated carbocycles. The molecule has 0 amide bonds. The van der Waals surface area contributed by atoms with Crippen molar-refractivity contribution in [1.29, 1.82) is 0 Å². The molecule has 1 fully saturated rings. The van der Waals surface area contributed by atoms with Crippen LogP contribution in [-0.2, 0) is 14.3 Å². The summed E-state index contributed by atoms with van der Waals surface area (Å²) >= 11 is 0. The van der Waals surface area contributed by atoms with E-state index in [1.165, 1.54) is 0 Å². The molecule has 0 spiro atoms. The number of nitrogens with zero attached hydrogens (tertiary/aromatic N) is 1. The van der Waals surface area contributed by atoms with Gasteiger partial charge in [-0.25, -0.2) is 0 Å². The second-order valence-electron chi connectivity index (χ2n) is 5.35. The van der Waals surface area contributed by atoms with Crippen molar-refractivity contribution in [3.8, 4) is 0 Å². The lowest BCUT2D eigenvalue weighted by atomic mass is 9.95. The predicted molar refractivity (Wildman–Crippen MR) is 79.8 cm³/mol. The summed E-state index contributed by atoms with van der Waals surface area (Å²) in [4.78, 5) is 14.2. The number of rotatable bonds is 9. The number of carbonyl (C=O) groups excluding carboxylic acids is 1. The topological polar surface area (TPSA) is 50.8 Å². The summed E-state index contributed by atoms with van der Waals surface area (Å²) in [5, 5.41) is 3.42. The van der Waals surface area contributed by atoms with Gasteiger partial charge in [-0.2, -0.15) is 0 Å². The highest BCUT2D eigenvalue weighted by atomic mass is 16.5. The van der Waals surface area contributed by atoms with Gasteiger partial charge in [0, 0.05) is 13.7 Å². The van der Waals surface area contributed by atoms with Crippen LogP contribution < -0.4 is 5.32 Å². The van der Waals surface area contributed by atoms with E-state index in [-0.39, 0.29) is 12.0 Å². The van der Waals surface area contributed by atoms with E-state index >= 15 is 0 Å². The van der Waals surface area contributed by atoms with Gasteiger partial charge in [-0.3, -0.25) is 9.69 Å². The molecule has 1 N–H and O–H groups in total. The number of ether oxygens (including phenoxy) is 2. The van der Waals surface area contributed by atoms with Crippen LogP contribution in [0.1, 0.15) is 33.1 Å². The van der Waals surface area contributed by atoms with E-state index in [2.05, 4.69) is 17.1 Å². The highest BCUT2D eigenvalue weighted by Crippen LogP contribution is 2.20. The van der Waals surface area contributed by atoms with Crippen molar-refractivity contribution in [2.24, 2.45) is 5.92 Å². The summed E-state index contributed by atoms with van der Waals surface area (Å²) in [5.74, 6) is 0.648. The molecule has 0 aromatic carbocycles. The Bertz CT molecular complexity index is 266. The molecule has 1 heterocycles. The smallest absolute Gasteiger partial charge is 0.323 e. The van der Waals surface area contributed by atoms with Crippen LogP contribution in [0, 0.1) is 5.92 Å². The fourth-order valence-corrected chi connectivity index (χ4v) is 2.76. The monoisotopic (exact) mass is 286 g/mol. The maximum absolute atomic E-state index is 11.9. The zero-order valence-corrected chi connectivity index (χ0v) is 13.2. The summed E-state index contributed by atoms with van der Waals surface area (Å²) in [7, 11) is 1.72. The Morgan fingerprint density at radius 3 is 2.60 bits per heavy atom. The first-order chi connectivity index (χ1) is 9.72. The van der Waals surface area contributed by atoms with E-state index in [4.69, 9.17) is 9.47 Å². The molecule has 1 saturated heterocycles. The minimum Gasteiger partial charge on any atom is -0.465 e. The molecular formula is C15H30N2O3. The summed E-state index contributed by atoms with van der Waals surface area (Å²) in [6.07, 6.45) is 3.13. The van der Waals surface area contributed by atoms with Crippen molar-refractivity contribution in [2.45, 2.75) is 39.2 Å². The van der Waals surface area contributed by atoms with E-state index in [1.54, 1.807) is 7.11 Å². The molecule has 1 aliphatic rings. The van der Waals surface area contributed by atoms with Crippen LogP contribution in [-0.4, -0.2) is 63.4 Å². The standard InChI is InChI=1S/C15H30N2O3/c1-4-14(15(18)20-5-2)17-9-6-13(7-10-17)12-16-8-11-19-3/h13-14,16H,4-12H2,1-3H3. The average Bonchev–Trinajstić information content (AvgIpc) is 2.46. The second kappa shape index (κ2) is 10.1. The molecule has 0 radical (unpaired) electrons. The van der Waals surface area contributed by atoms with Gasteiger partial charge in [-0.15, -0.1) is 0 Å². The summed E-state index contributed by atoms with van der Waals surface area (Å²) in [6.45, 7) is 9.10. The molecular weight excluding hydrogens is 256 g/mol. The van der Waals surface area contributed by atoms with Gasteiger partial charge in [-0.1, -0.05) is 6.92 Å². The molecule has 0 aromatic rings. The third-order valence-corrected chi connectivity index (χ3v) is 3.95. The van der Waals surface area contributed by atoms with Crippen LogP contribution >= 0.6 is 0 Å². The zero-order chi connectivity index (χ0) is 14.8. The van der Waals surface area contributed by atoms with Crippen LogP contribution in [0.3, 0.4) is 0 Å². The average molecular weight is 286 g/mol. The number of esters is 1. The zero-order valence-electron chi connectivity index (χ0n) is 13.2. The quantitative estimate of drug-likeness (QED) is 0.511. The fraction of sp³-hybridized carbons (Fsp3) is 0.933. The molecule has 1 aliphatic heterocycles. The molecule has 118 valence electrons. The normalized spacial score (nSPS) is 18.9. The molecule has 1 unspecified atom stereocenters. The van der Waals surface area contributed by atoms with Gasteiger partial charge < -0.3 is 14.8 Å². The van der Waals surface area contributed by atoms with Gasteiger partial charge in [0.1, 0.15) is 6.04 Å². The van der Waals surface area contributed by atoms with E-state index < -0.39 is 0 Å². The largest absolute Gasteiger partial charge is 0.465 e. The molecule has 0 bridgehead atoms. The first-order valence-electron chi connectivity index (χ1n) is 7.83. The van der Waals surface area contributed by atoms with Crippen LogP contribution in [0.4, 0.5) is 0 Å². The fourth-order valence-electron chi connectivity index (χ4n) is 2.76. The molecule has 5 nitrogen and oxygen atoms in total. The number of methoxy groups -OCH3 is 1. The molecule has 0 aliphatic carbocycles. The third kappa shape index (κ3) is 5.77. The summed E-state index contributed by atoms with van der Waals surface area (Å²) < 4.78 is 10.2. The van der Waals surface area contributed by atoms with E-state index in [1.807, 2.05) is 6.92 Å². The maximum Gasteiger partial charge on any atom is 0.323 e. The van der Waals surface area contributed by atoms with Gasteiger partial charge in [0.15, 0.2) is 0 Å². The van der Waals surface area contributed by atoms with Crippen LogP contribution in [0.15, 0.2) is 0 Å². The molecule has 20 heavy (non-hydrogen) atoms. The van der Waals surface area contributed by atoms with Crippen molar-refractivity contribution < 1.29 is 14.3 Å². The minimum absolute atomic E-state index is 0.0580. The Morgan fingerprint density at radius 2 is 2.05 bits per heavy atom. The Kier molecular flexibility index (Phi) is 8.82. The summed E-state index contributed by atoms with van der Waals surface area (Å²) in [5.41, 5.74) is 0. The third-order valence-electron chi connectivity index (χ3n) is 3.95. The van der Waals surface area contributed by atoms with Crippen molar-refractivity contribution in [3.63, 3.8) is 0 Å². The number of hydrogen-bond acceptors (Lipinski definition) is 5. The number of piperidine rings is 1. The number of nitrogens with one attached hydrogen (secondary N) is 1. The number of hydrogen-bond donors (Lipinski definition) is 1. The SMILES string of the molecule is CCOC(=O)C(CC)N1CCC(CNCCOC)CC1. The molecule has 0 aromatic heterocycles. The first-order valence-corrected chi connectivity index (χ1v) is 7.83. The molecule has 1 rings (SSSR count). The summed E-state index contributed by atoms with van der Waals surface area (Å²) in [6, 6.07) is -0.0580. The predicted octanol–water partition coefficient (Wildman–Crippen LogP) is 1.28. The van der Waals surface area contributed by atoms with Gasteiger partial charge in [0.05, 0.1) is 13.2 Å². The van der Waals surface area contributed by atoms with Gasteiger partial charge >= 0.3 is 5.97 Å². The van der Waals surface area contributed by atoms with E-state index in [0.717, 1.165) is 52.0 Å². The van der Waals surface area contributed by atoms with E-state index in [9.17, 15) is 4.79 Å². The Morgan fingerprint density at radius 1 is 1.35 bits per heavy atom. The lowest BCUT2D eigenvalue weighted by Crippen LogP contribution is -2.47. The molecule has 5 heteroatoms. The van der Waals surface area contributed by atoms with Crippen LogP contribution in [0.5, 0.6) is 0 Å². The Hall–Kier alpha value is -0.650. The minimum atomic E-state index is -0.0633. The van der Waals surface area contributed by atoms with Gasteiger partial charge in [0.25, 0.3) is 0 Å². The lowest BCUT2D eigenvalue weighted by Gasteiger charge is -2.36. The van der Waals surface area contributed by atoms with Crippen LogP contribution in [0.25, 0.3) is 0 Å². The second-order valence-corrected chi connectivity index (χ2v) is 5.35. The number of carbonyl (C=O) groups is 1. The lowest BCUT2D eigenvalue weighted by molar-refractivity contribution is -0.150. The van der Waals surface area contributed by atoms with Crippen molar-refractivity contribution in [1.82, 2.24) is 10.2 Å². The maximum atomic E-state index is 11.9. The first kappa shape index (κ1) is 17.4. The number of likely N-dealkylation sites (tertiary alicyclic amines) is 1. The van der Waals surface area contributed by atoms with Gasteiger partial charge in [0.2, 0.25) is 0 Å². The Balaban J connectivity index is 2.27.